The molecule has 0 amide bonds. The van der Waals surface area contributed by atoms with E-state index in [1.165, 1.54) is 6.26 Å². The smallest absolute Gasteiger partial charge is 0.406 e. The van der Waals surface area contributed by atoms with Crippen LogP contribution in [-0.4, -0.2) is 29.8 Å². The van der Waals surface area contributed by atoms with Crippen LogP contribution >= 0.6 is 0 Å². The van der Waals surface area contributed by atoms with Gasteiger partial charge in [0.05, 0.1) is 5.69 Å². The molecule has 1 rings (SSSR count). The van der Waals surface area contributed by atoms with Crippen LogP contribution in [0.5, 0.6) is 0 Å². The summed E-state index contributed by atoms with van der Waals surface area (Å²) >= 11 is 0. The lowest BCUT2D eigenvalue weighted by Gasteiger charge is -2.21. The van der Waals surface area contributed by atoms with Gasteiger partial charge in [0.15, 0.2) is 0 Å². The second kappa shape index (κ2) is 6.47. The average molecular weight is 293 g/mol. The number of oxazole rings is 1. The highest BCUT2D eigenvalue weighted by Gasteiger charge is 2.32. The second-order valence-electron chi connectivity index (χ2n) is 5.76. The maximum atomic E-state index is 12.5. The third-order valence-corrected chi connectivity index (χ3v) is 2.47. The molecule has 116 valence electrons. The molecule has 0 spiro atoms. The quantitative estimate of drug-likeness (QED) is 0.873. The number of rotatable bonds is 6. The SMILES string of the molecule is CCCN(CC(F)(F)F)c1nc(CNC(C)(C)C)co1. The van der Waals surface area contributed by atoms with Gasteiger partial charge in [-0.1, -0.05) is 6.92 Å². The van der Waals surface area contributed by atoms with Crippen molar-refractivity contribution in [3.63, 3.8) is 0 Å². The first-order valence-electron chi connectivity index (χ1n) is 6.62. The molecule has 7 heteroatoms. The van der Waals surface area contributed by atoms with Gasteiger partial charge in [-0.2, -0.15) is 18.2 Å². The fourth-order valence-electron chi connectivity index (χ4n) is 1.61. The molecule has 0 saturated heterocycles. The predicted octanol–water partition coefficient (Wildman–Crippen LogP) is 3.34. The molecule has 0 aliphatic carbocycles. The summed E-state index contributed by atoms with van der Waals surface area (Å²) in [5, 5.41) is 3.21. The summed E-state index contributed by atoms with van der Waals surface area (Å²) in [4.78, 5) is 5.22. The van der Waals surface area contributed by atoms with Gasteiger partial charge in [0, 0.05) is 18.6 Å². The molecule has 0 unspecified atom stereocenters. The number of halogens is 3. The van der Waals surface area contributed by atoms with Crippen molar-refractivity contribution >= 4 is 6.01 Å². The third kappa shape index (κ3) is 6.27. The Morgan fingerprint density at radius 1 is 1.30 bits per heavy atom. The number of nitrogens with one attached hydrogen (secondary N) is 1. The summed E-state index contributed by atoms with van der Waals surface area (Å²) in [6, 6.07) is 0.0230. The van der Waals surface area contributed by atoms with Crippen molar-refractivity contribution in [2.75, 3.05) is 18.0 Å². The van der Waals surface area contributed by atoms with E-state index in [1.54, 1.807) is 0 Å². The fourth-order valence-corrected chi connectivity index (χ4v) is 1.61. The molecule has 1 aromatic heterocycles. The molecule has 0 atom stereocenters. The molecule has 0 aliphatic heterocycles. The van der Waals surface area contributed by atoms with Crippen LogP contribution in [0, 0.1) is 0 Å². The van der Waals surface area contributed by atoms with E-state index in [9.17, 15) is 13.2 Å². The van der Waals surface area contributed by atoms with Crippen molar-refractivity contribution in [2.45, 2.75) is 52.4 Å². The van der Waals surface area contributed by atoms with E-state index >= 15 is 0 Å². The molecule has 4 nitrogen and oxygen atoms in total. The first-order chi connectivity index (χ1) is 9.11. The Labute approximate surface area is 117 Å². The van der Waals surface area contributed by atoms with E-state index in [-0.39, 0.29) is 18.1 Å². The van der Waals surface area contributed by atoms with Gasteiger partial charge < -0.3 is 14.6 Å². The van der Waals surface area contributed by atoms with Crippen molar-refractivity contribution in [2.24, 2.45) is 0 Å². The maximum Gasteiger partial charge on any atom is 0.406 e. The lowest BCUT2D eigenvalue weighted by atomic mass is 10.1. The number of hydrogen-bond donors (Lipinski definition) is 1. The van der Waals surface area contributed by atoms with E-state index in [4.69, 9.17) is 4.42 Å². The molecular formula is C13H22F3N3O. The van der Waals surface area contributed by atoms with Gasteiger partial charge in [-0.05, 0) is 27.2 Å². The summed E-state index contributed by atoms with van der Waals surface area (Å²) in [7, 11) is 0. The molecule has 0 fully saturated rings. The average Bonchev–Trinajstić information content (AvgIpc) is 2.71. The van der Waals surface area contributed by atoms with Gasteiger partial charge in [-0.15, -0.1) is 0 Å². The number of aromatic nitrogens is 1. The summed E-state index contributed by atoms with van der Waals surface area (Å²) in [5.41, 5.74) is 0.506. The van der Waals surface area contributed by atoms with E-state index < -0.39 is 12.7 Å². The molecular weight excluding hydrogens is 271 g/mol. The normalized spacial score (nSPS) is 12.8. The molecule has 1 heterocycles. The summed E-state index contributed by atoms with van der Waals surface area (Å²) in [6.45, 7) is 7.48. The number of anilines is 1. The minimum atomic E-state index is -4.27. The molecule has 1 aromatic rings. The number of nitrogens with zero attached hydrogens (tertiary/aromatic N) is 2. The monoisotopic (exact) mass is 293 g/mol. The van der Waals surface area contributed by atoms with E-state index in [2.05, 4.69) is 10.3 Å². The zero-order chi connectivity index (χ0) is 15.4. The molecule has 0 saturated carbocycles. The zero-order valence-electron chi connectivity index (χ0n) is 12.3. The van der Waals surface area contributed by atoms with Crippen LogP contribution in [-0.2, 0) is 6.54 Å². The molecule has 1 N–H and O–H groups in total. The third-order valence-electron chi connectivity index (χ3n) is 2.47. The van der Waals surface area contributed by atoms with Gasteiger partial charge in [0.25, 0.3) is 6.01 Å². The van der Waals surface area contributed by atoms with Crippen LogP contribution < -0.4 is 10.2 Å². The highest BCUT2D eigenvalue weighted by atomic mass is 19.4. The first-order valence-corrected chi connectivity index (χ1v) is 6.62. The van der Waals surface area contributed by atoms with Crippen molar-refractivity contribution in [3.05, 3.63) is 12.0 Å². The van der Waals surface area contributed by atoms with Crippen LogP contribution in [0.25, 0.3) is 0 Å². The molecule has 20 heavy (non-hydrogen) atoms. The minimum absolute atomic E-state index is 0.0230. The Kier molecular flexibility index (Phi) is 5.44. The van der Waals surface area contributed by atoms with Crippen molar-refractivity contribution in [1.82, 2.24) is 10.3 Å². The summed E-state index contributed by atoms with van der Waals surface area (Å²) in [6.07, 6.45) is -2.28. The largest absolute Gasteiger partial charge is 0.432 e. The highest BCUT2D eigenvalue weighted by molar-refractivity contribution is 5.27. The molecule has 0 aliphatic rings. The number of hydrogen-bond acceptors (Lipinski definition) is 4. The Balaban J connectivity index is 2.71. The van der Waals surface area contributed by atoms with Crippen LogP contribution in [0.4, 0.5) is 19.2 Å². The van der Waals surface area contributed by atoms with Crippen molar-refractivity contribution in [3.8, 4) is 0 Å². The topological polar surface area (TPSA) is 41.3 Å². The fraction of sp³-hybridized carbons (Fsp3) is 0.769. The zero-order valence-corrected chi connectivity index (χ0v) is 12.3. The second-order valence-corrected chi connectivity index (χ2v) is 5.76. The van der Waals surface area contributed by atoms with E-state index in [0.29, 0.717) is 18.7 Å². The van der Waals surface area contributed by atoms with Crippen LogP contribution in [0.15, 0.2) is 10.7 Å². The van der Waals surface area contributed by atoms with Crippen molar-refractivity contribution in [1.29, 1.82) is 0 Å². The predicted molar refractivity (Wildman–Crippen MR) is 71.7 cm³/mol. The lowest BCUT2D eigenvalue weighted by Crippen LogP contribution is -2.36. The molecule has 0 aromatic carbocycles. The summed E-state index contributed by atoms with van der Waals surface area (Å²) in [5.74, 6) is 0. The molecule has 0 radical (unpaired) electrons. The van der Waals surface area contributed by atoms with E-state index in [0.717, 1.165) is 4.90 Å². The van der Waals surface area contributed by atoms with Gasteiger partial charge >= 0.3 is 6.18 Å². The standard InChI is InChI=1S/C13H22F3N3O/c1-5-6-19(9-13(14,15)16)11-18-10(8-20-11)7-17-12(2,3)4/h8,17H,5-7,9H2,1-4H3. The lowest BCUT2D eigenvalue weighted by molar-refractivity contribution is -0.120. The number of alkyl halides is 3. The van der Waals surface area contributed by atoms with Crippen LogP contribution in [0.3, 0.4) is 0 Å². The van der Waals surface area contributed by atoms with Crippen LogP contribution in [0.2, 0.25) is 0 Å². The Hall–Kier alpha value is -1.24. The Morgan fingerprint density at radius 3 is 2.45 bits per heavy atom. The van der Waals surface area contributed by atoms with Crippen LogP contribution in [0.1, 0.15) is 39.8 Å². The Morgan fingerprint density at radius 2 is 1.95 bits per heavy atom. The van der Waals surface area contributed by atoms with Gasteiger partial charge in [-0.3, -0.25) is 0 Å². The van der Waals surface area contributed by atoms with E-state index in [1.807, 2.05) is 27.7 Å². The maximum absolute atomic E-state index is 12.5. The molecule has 0 bridgehead atoms. The first kappa shape index (κ1) is 16.8. The van der Waals surface area contributed by atoms with Gasteiger partial charge in [0.1, 0.15) is 12.8 Å². The van der Waals surface area contributed by atoms with Crippen molar-refractivity contribution < 1.29 is 17.6 Å². The summed E-state index contributed by atoms with van der Waals surface area (Å²) < 4.78 is 42.7. The minimum Gasteiger partial charge on any atom is -0.432 e. The highest BCUT2D eigenvalue weighted by Crippen LogP contribution is 2.22. The Bertz CT molecular complexity index is 410. The van der Waals surface area contributed by atoms with Gasteiger partial charge in [0.2, 0.25) is 0 Å². The van der Waals surface area contributed by atoms with Gasteiger partial charge in [-0.25, -0.2) is 0 Å².